The second kappa shape index (κ2) is 6.14. The van der Waals surface area contributed by atoms with Crippen LogP contribution in [0.5, 0.6) is 11.5 Å². The maximum Gasteiger partial charge on any atom is 0.123 e. The highest BCUT2D eigenvalue weighted by Gasteiger charge is 2.17. The minimum absolute atomic E-state index is 0.246. The van der Waals surface area contributed by atoms with Crippen molar-refractivity contribution in [1.29, 1.82) is 0 Å². The van der Waals surface area contributed by atoms with Crippen LogP contribution in [0.25, 0.3) is 0 Å². The van der Waals surface area contributed by atoms with Gasteiger partial charge >= 0.3 is 0 Å². The summed E-state index contributed by atoms with van der Waals surface area (Å²) in [7, 11) is 3.19. The number of rotatable bonds is 4. The second-order valence-electron chi connectivity index (χ2n) is 5.08. The Bertz CT molecular complexity index is 610. The van der Waals surface area contributed by atoms with Crippen molar-refractivity contribution in [2.75, 3.05) is 14.2 Å². The Morgan fingerprint density at radius 3 is 1.81 bits per heavy atom. The van der Waals surface area contributed by atoms with Crippen LogP contribution >= 0.6 is 0 Å². The van der Waals surface area contributed by atoms with Gasteiger partial charge in [-0.05, 0) is 60.4 Å². The molecule has 2 N–H and O–H groups in total. The minimum atomic E-state index is -0.366. The molecule has 0 bridgehead atoms. The third-order valence-corrected chi connectivity index (χ3v) is 3.60. The summed E-state index contributed by atoms with van der Waals surface area (Å²) in [5.74, 6) is 1.11. The van der Waals surface area contributed by atoms with E-state index in [0.717, 1.165) is 22.3 Å². The summed E-state index contributed by atoms with van der Waals surface area (Å²) in [6, 6.07) is 8.17. The van der Waals surface area contributed by atoms with Crippen molar-refractivity contribution < 1.29 is 13.9 Å². The molecule has 0 aromatic heterocycles. The zero-order chi connectivity index (χ0) is 15.6. The molecule has 0 radical (unpaired) electrons. The van der Waals surface area contributed by atoms with Gasteiger partial charge in [0.05, 0.1) is 20.3 Å². The quantitative estimate of drug-likeness (QED) is 0.936. The standard InChI is InChI=1S/C17H20FNO2/c1-10-5-13(18)6-11(2)16(10)17(19)12-7-14(20-3)9-15(8-12)21-4/h5-9,17H,19H2,1-4H3. The zero-order valence-corrected chi connectivity index (χ0v) is 12.7. The number of ether oxygens (including phenoxy) is 2. The largest absolute Gasteiger partial charge is 0.497 e. The molecule has 1 atom stereocenters. The lowest BCUT2D eigenvalue weighted by Crippen LogP contribution is -2.15. The molecule has 2 aromatic carbocycles. The summed E-state index contributed by atoms with van der Waals surface area (Å²) in [6.07, 6.45) is 0. The average Bonchev–Trinajstić information content (AvgIpc) is 2.45. The van der Waals surface area contributed by atoms with Crippen molar-refractivity contribution in [2.45, 2.75) is 19.9 Å². The topological polar surface area (TPSA) is 44.5 Å². The first-order valence-electron chi connectivity index (χ1n) is 6.71. The van der Waals surface area contributed by atoms with Crippen molar-refractivity contribution in [2.24, 2.45) is 5.73 Å². The van der Waals surface area contributed by atoms with Crippen LogP contribution in [0.1, 0.15) is 28.3 Å². The molecule has 2 aromatic rings. The average molecular weight is 289 g/mol. The molecule has 0 aliphatic heterocycles. The third-order valence-electron chi connectivity index (χ3n) is 3.60. The van der Waals surface area contributed by atoms with Crippen LogP contribution in [-0.4, -0.2) is 14.2 Å². The van der Waals surface area contributed by atoms with Gasteiger partial charge in [0.25, 0.3) is 0 Å². The molecule has 0 saturated carbocycles. The molecule has 0 spiro atoms. The Hall–Kier alpha value is -2.07. The van der Waals surface area contributed by atoms with Crippen LogP contribution in [0.3, 0.4) is 0 Å². The van der Waals surface area contributed by atoms with Gasteiger partial charge in [0.1, 0.15) is 17.3 Å². The first kappa shape index (κ1) is 15.3. The van der Waals surface area contributed by atoms with Crippen molar-refractivity contribution in [1.82, 2.24) is 0 Å². The third kappa shape index (κ3) is 3.16. The van der Waals surface area contributed by atoms with E-state index in [1.54, 1.807) is 20.3 Å². The Balaban J connectivity index is 2.52. The van der Waals surface area contributed by atoms with E-state index in [1.807, 2.05) is 26.0 Å². The van der Waals surface area contributed by atoms with Gasteiger partial charge in [-0.25, -0.2) is 4.39 Å². The fourth-order valence-electron chi connectivity index (χ4n) is 2.59. The van der Waals surface area contributed by atoms with Gasteiger partial charge in [-0.2, -0.15) is 0 Å². The first-order valence-corrected chi connectivity index (χ1v) is 6.71. The molecule has 21 heavy (non-hydrogen) atoms. The highest BCUT2D eigenvalue weighted by atomic mass is 19.1. The number of halogens is 1. The Morgan fingerprint density at radius 1 is 0.905 bits per heavy atom. The molecule has 1 unspecified atom stereocenters. The smallest absolute Gasteiger partial charge is 0.123 e. The van der Waals surface area contributed by atoms with E-state index in [-0.39, 0.29) is 11.9 Å². The van der Waals surface area contributed by atoms with Gasteiger partial charge in [-0.3, -0.25) is 0 Å². The second-order valence-corrected chi connectivity index (χ2v) is 5.08. The van der Waals surface area contributed by atoms with E-state index in [9.17, 15) is 4.39 Å². The first-order chi connectivity index (χ1) is 9.96. The summed E-state index contributed by atoms with van der Waals surface area (Å²) < 4.78 is 24.0. The number of aryl methyl sites for hydroxylation is 2. The summed E-state index contributed by atoms with van der Waals surface area (Å²) in [4.78, 5) is 0. The summed E-state index contributed by atoms with van der Waals surface area (Å²) in [5, 5.41) is 0. The molecule has 0 saturated heterocycles. The fourth-order valence-corrected chi connectivity index (χ4v) is 2.59. The summed E-state index contributed by atoms with van der Waals surface area (Å²) in [6.45, 7) is 3.73. The van der Waals surface area contributed by atoms with Crippen LogP contribution in [0.15, 0.2) is 30.3 Å². The molecule has 0 fully saturated rings. The molecule has 0 amide bonds. The lowest BCUT2D eigenvalue weighted by Gasteiger charge is -2.19. The molecule has 112 valence electrons. The van der Waals surface area contributed by atoms with Crippen LogP contribution < -0.4 is 15.2 Å². The lowest BCUT2D eigenvalue weighted by molar-refractivity contribution is 0.393. The maximum atomic E-state index is 13.4. The number of nitrogens with two attached hydrogens (primary N) is 1. The summed E-state index contributed by atoms with van der Waals surface area (Å²) in [5.41, 5.74) is 9.84. The normalized spacial score (nSPS) is 12.1. The molecule has 0 aliphatic carbocycles. The Morgan fingerprint density at radius 2 is 1.38 bits per heavy atom. The Labute approximate surface area is 124 Å². The summed E-state index contributed by atoms with van der Waals surface area (Å²) >= 11 is 0. The van der Waals surface area contributed by atoms with E-state index in [4.69, 9.17) is 15.2 Å². The number of benzene rings is 2. The number of hydrogen-bond donors (Lipinski definition) is 1. The Kier molecular flexibility index (Phi) is 4.48. The zero-order valence-electron chi connectivity index (χ0n) is 12.7. The predicted molar refractivity (Wildman–Crippen MR) is 81.5 cm³/mol. The monoisotopic (exact) mass is 289 g/mol. The van der Waals surface area contributed by atoms with Crippen molar-refractivity contribution in [3.63, 3.8) is 0 Å². The van der Waals surface area contributed by atoms with Crippen LogP contribution in [0.2, 0.25) is 0 Å². The van der Waals surface area contributed by atoms with Crippen molar-refractivity contribution in [3.05, 3.63) is 58.4 Å². The molecule has 3 nitrogen and oxygen atoms in total. The van der Waals surface area contributed by atoms with Crippen LogP contribution in [0.4, 0.5) is 4.39 Å². The SMILES string of the molecule is COc1cc(OC)cc(C(N)c2c(C)cc(F)cc2C)c1. The van der Waals surface area contributed by atoms with Gasteiger partial charge in [0.15, 0.2) is 0 Å². The molecule has 0 heterocycles. The molecular formula is C17H20FNO2. The van der Waals surface area contributed by atoms with E-state index in [2.05, 4.69) is 0 Å². The van der Waals surface area contributed by atoms with Crippen LogP contribution in [0, 0.1) is 19.7 Å². The minimum Gasteiger partial charge on any atom is -0.497 e. The van der Waals surface area contributed by atoms with E-state index in [1.165, 1.54) is 12.1 Å². The highest BCUT2D eigenvalue weighted by Crippen LogP contribution is 2.31. The van der Waals surface area contributed by atoms with Gasteiger partial charge in [-0.15, -0.1) is 0 Å². The van der Waals surface area contributed by atoms with Gasteiger partial charge in [0, 0.05) is 6.07 Å². The maximum absolute atomic E-state index is 13.4. The van der Waals surface area contributed by atoms with Gasteiger partial charge in [-0.1, -0.05) is 0 Å². The van der Waals surface area contributed by atoms with E-state index < -0.39 is 0 Å². The van der Waals surface area contributed by atoms with E-state index >= 15 is 0 Å². The molecule has 4 heteroatoms. The fraction of sp³-hybridized carbons (Fsp3) is 0.294. The highest BCUT2D eigenvalue weighted by molar-refractivity contribution is 5.46. The number of methoxy groups -OCH3 is 2. The van der Waals surface area contributed by atoms with Gasteiger partial charge < -0.3 is 15.2 Å². The molecule has 2 rings (SSSR count). The predicted octanol–water partition coefficient (Wildman–Crippen LogP) is 3.51. The van der Waals surface area contributed by atoms with Crippen molar-refractivity contribution >= 4 is 0 Å². The van der Waals surface area contributed by atoms with Gasteiger partial charge in [0.2, 0.25) is 0 Å². The van der Waals surface area contributed by atoms with Crippen LogP contribution in [-0.2, 0) is 0 Å². The lowest BCUT2D eigenvalue weighted by atomic mass is 9.91. The molecule has 0 aliphatic rings. The number of hydrogen-bond acceptors (Lipinski definition) is 3. The van der Waals surface area contributed by atoms with Crippen molar-refractivity contribution in [3.8, 4) is 11.5 Å². The molecular weight excluding hydrogens is 269 g/mol. The van der Waals surface area contributed by atoms with E-state index in [0.29, 0.717) is 11.5 Å².